The van der Waals surface area contributed by atoms with Gasteiger partial charge in [-0.1, -0.05) is 24.6 Å². The second-order valence-electron chi connectivity index (χ2n) is 4.72. The van der Waals surface area contributed by atoms with E-state index in [9.17, 15) is 8.42 Å². The zero-order chi connectivity index (χ0) is 14.3. The fourth-order valence-electron chi connectivity index (χ4n) is 1.75. The van der Waals surface area contributed by atoms with Gasteiger partial charge in [-0.2, -0.15) is 0 Å². The minimum atomic E-state index is -2.90. The standard InChI is InChI=1S/C14H23NO3S/c1-4-15-11-13-10-12(2)6-7-14(13)18-8-5-9-19(3,16)17/h6-7,10,15H,4-5,8-9,11H2,1-3H3. The molecule has 19 heavy (non-hydrogen) atoms. The van der Waals surface area contributed by atoms with Gasteiger partial charge in [-0.3, -0.25) is 0 Å². The second-order valence-corrected chi connectivity index (χ2v) is 6.98. The van der Waals surface area contributed by atoms with Crippen molar-refractivity contribution in [1.29, 1.82) is 0 Å². The van der Waals surface area contributed by atoms with Crippen molar-refractivity contribution in [3.8, 4) is 5.75 Å². The van der Waals surface area contributed by atoms with E-state index in [1.807, 2.05) is 19.1 Å². The Morgan fingerprint density at radius 1 is 1.32 bits per heavy atom. The molecular weight excluding hydrogens is 262 g/mol. The molecule has 0 unspecified atom stereocenters. The van der Waals surface area contributed by atoms with Crippen LogP contribution in [0.5, 0.6) is 5.75 Å². The molecule has 0 amide bonds. The van der Waals surface area contributed by atoms with Crippen LogP contribution in [0.3, 0.4) is 0 Å². The molecule has 0 bridgehead atoms. The maximum atomic E-state index is 11.0. The predicted octanol–water partition coefficient (Wildman–Crippen LogP) is 1.92. The third-order valence-electron chi connectivity index (χ3n) is 2.70. The summed E-state index contributed by atoms with van der Waals surface area (Å²) in [4.78, 5) is 0. The third-order valence-corrected chi connectivity index (χ3v) is 3.73. The van der Waals surface area contributed by atoms with Crippen LogP contribution < -0.4 is 10.1 Å². The summed E-state index contributed by atoms with van der Waals surface area (Å²) in [7, 11) is -2.90. The minimum absolute atomic E-state index is 0.168. The highest BCUT2D eigenvalue weighted by atomic mass is 32.2. The molecule has 4 nitrogen and oxygen atoms in total. The summed E-state index contributed by atoms with van der Waals surface area (Å²) in [5.74, 6) is 1.00. The van der Waals surface area contributed by atoms with Gasteiger partial charge >= 0.3 is 0 Å². The molecule has 1 rings (SSSR count). The SMILES string of the molecule is CCNCc1cc(C)ccc1OCCCS(C)(=O)=O. The summed E-state index contributed by atoms with van der Waals surface area (Å²) >= 11 is 0. The lowest BCUT2D eigenvalue weighted by Crippen LogP contribution is -2.14. The van der Waals surface area contributed by atoms with Crippen LogP contribution >= 0.6 is 0 Å². The molecule has 0 aliphatic heterocycles. The number of nitrogens with one attached hydrogen (secondary N) is 1. The molecule has 0 spiro atoms. The van der Waals surface area contributed by atoms with Crippen molar-refractivity contribution in [3.63, 3.8) is 0 Å². The fourth-order valence-corrected chi connectivity index (χ4v) is 2.39. The first-order valence-corrected chi connectivity index (χ1v) is 8.59. The Kier molecular flexibility index (Phi) is 6.31. The second kappa shape index (κ2) is 7.50. The van der Waals surface area contributed by atoms with Crippen LogP contribution in [-0.4, -0.2) is 33.6 Å². The predicted molar refractivity (Wildman–Crippen MR) is 78.4 cm³/mol. The van der Waals surface area contributed by atoms with Gasteiger partial charge in [0.15, 0.2) is 0 Å². The fraction of sp³-hybridized carbons (Fsp3) is 0.571. The summed E-state index contributed by atoms with van der Waals surface area (Å²) < 4.78 is 27.7. The van der Waals surface area contributed by atoms with E-state index in [0.717, 1.165) is 24.4 Å². The van der Waals surface area contributed by atoms with E-state index in [4.69, 9.17) is 4.74 Å². The summed E-state index contributed by atoms with van der Waals surface area (Å²) in [5, 5.41) is 3.27. The smallest absolute Gasteiger partial charge is 0.147 e. The number of sulfone groups is 1. The first-order valence-electron chi connectivity index (χ1n) is 6.53. The Labute approximate surface area is 116 Å². The summed E-state index contributed by atoms with van der Waals surface area (Å²) in [6, 6.07) is 6.04. The number of hydrogen-bond acceptors (Lipinski definition) is 4. The lowest BCUT2D eigenvalue weighted by atomic mass is 10.1. The van der Waals surface area contributed by atoms with Gasteiger partial charge in [0.05, 0.1) is 12.4 Å². The molecule has 1 aromatic carbocycles. The van der Waals surface area contributed by atoms with E-state index in [1.165, 1.54) is 11.8 Å². The summed E-state index contributed by atoms with van der Waals surface area (Å²) in [5.41, 5.74) is 2.30. The molecule has 0 aromatic heterocycles. The molecule has 5 heteroatoms. The highest BCUT2D eigenvalue weighted by Gasteiger charge is 2.05. The van der Waals surface area contributed by atoms with Gasteiger partial charge < -0.3 is 10.1 Å². The summed E-state index contributed by atoms with van der Waals surface area (Å²) in [6.07, 6.45) is 1.77. The van der Waals surface area contributed by atoms with Gasteiger partial charge in [0, 0.05) is 18.4 Å². The van der Waals surface area contributed by atoms with Crippen LogP contribution in [0.4, 0.5) is 0 Å². The maximum Gasteiger partial charge on any atom is 0.147 e. The zero-order valence-corrected chi connectivity index (χ0v) is 12.7. The average Bonchev–Trinajstić information content (AvgIpc) is 2.32. The van der Waals surface area contributed by atoms with Crippen LogP contribution in [0, 0.1) is 6.92 Å². The number of ether oxygens (including phenoxy) is 1. The summed E-state index contributed by atoms with van der Waals surface area (Å²) in [6.45, 7) is 6.20. The van der Waals surface area contributed by atoms with Crippen LogP contribution in [-0.2, 0) is 16.4 Å². The van der Waals surface area contributed by atoms with E-state index in [2.05, 4.69) is 18.3 Å². The zero-order valence-electron chi connectivity index (χ0n) is 11.9. The third kappa shape index (κ3) is 6.59. The number of rotatable bonds is 8. The average molecular weight is 285 g/mol. The van der Waals surface area contributed by atoms with Crippen molar-refractivity contribution in [1.82, 2.24) is 5.32 Å². The lowest BCUT2D eigenvalue weighted by molar-refractivity contribution is 0.313. The highest BCUT2D eigenvalue weighted by molar-refractivity contribution is 7.90. The molecule has 0 radical (unpaired) electrons. The Bertz CT molecular complexity index is 497. The molecule has 108 valence electrons. The number of hydrogen-bond donors (Lipinski definition) is 1. The monoisotopic (exact) mass is 285 g/mol. The Morgan fingerprint density at radius 2 is 2.05 bits per heavy atom. The molecular formula is C14H23NO3S. The topological polar surface area (TPSA) is 55.4 Å². The maximum absolute atomic E-state index is 11.0. The molecule has 0 fully saturated rings. The number of benzene rings is 1. The Balaban J connectivity index is 2.56. The van der Waals surface area contributed by atoms with Gasteiger partial charge in [-0.15, -0.1) is 0 Å². The molecule has 0 saturated carbocycles. The van der Waals surface area contributed by atoms with Gasteiger partial charge in [0.2, 0.25) is 0 Å². The van der Waals surface area contributed by atoms with Crippen molar-refractivity contribution in [3.05, 3.63) is 29.3 Å². The van der Waals surface area contributed by atoms with Gasteiger partial charge in [0.1, 0.15) is 15.6 Å². The largest absolute Gasteiger partial charge is 0.493 e. The minimum Gasteiger partial charge on any atom is -0.493 e. The van der Waals surface area contributed by atoms with Crippen molar-refractivity contribution in [2.75, 3.05) is 25.2 Å². The first-order chi connectivity index (χ1) is 8.92. The Morgan fingerprint density at radius 3 is 2.68 bits per heavy atom. The molecule has 0 aliphatic carbocycles. The van der Waals surface area contributed by atoms with Gasteiger partial charge in [0.25, 0.3) is 0 Å². The number of aryl methyl sites for hydroxylation is 1. The lowest BCUT2D eigenvalue weighted by Gasteiger charge is -2.12. The van der Waals surface area contributed by atoms with Crippen molar-refractivity contribution < 1.29 is 13.2 Å². The quantitative estimate of drug-likeness (QED) is 0.741. The first kappa shape index (κ1) is 16.0. The molecule has 0 heterocycles. The van der Waals surface area contributed by atoms with Crippen molar-refractivity contribution in [2.45, 2.75) is 26.8 Å². The van der Waals surface area contributed by atoms with Crippen molar-refractivity contribution >= 4 is 9.84 Å². The normalized spacial score (nSPS) is 11.5. The Hall–Kier alpha value is -1.07. The molecule has 0 atom stereocenters. The molecule has 1 N–H and O–H groups in total. The van der Waals surface area contributed by atoms with Gasteiger partial charge in [-0.05, 0) is 26.0 Å². The van der Waals surface area contributed by atoms with E-state index < -0.39 is 9.84 Å². The van der Waals surface area contributed by atoms with Crippen LogP contribution in [0.1, 0.15) is 24.5 Å². The van der Waals surface area contributed by atoms with E-state index >= 15 is 0 Å². The van der Waals surface area contributed by atoms with Crippen LogP contribution in [0.25, 0.3) is 0 Å². The van der Waals surface area contributed by atoms with Gasteiger partial charge in [-0.25, -0.2) is 8.42 Å². The van der Waals surface area contributed by atoms with E-state index in [1.54, 1.807) is 0 Å². The van der Waals surface area contributed by atoms with E-state index in [0.29, 0.717) is 13.0 Å². The molecule has 0 aliphatic rings. The van der Waals surface area contributed by atoms with Crippen LogP contribution in [0.15, 0.2) is 18.2 Å². The van der Waals surface area contributed by atoms with E-state index in [-0.39, 0.29) is 5.75 Å². The molecule has 0 saturated heterocycles. The van der Waals surface area contributed by atoms with Crippen molar-refractivity contribution in [2.24, 2.45) is 0 Å². The molecule has 1 aromatic rings. The highest BCUT2D eigenvalue weighted by Crippen LogP contribution is 2.20. The van der Waals surface area contributed by atoms with Crippen LogP contribution in [0.2, 0.25) is 0 Å².